The Kier molecular flexibility index (Phi) is 4.29. The highest BCUT2D eigenvalue weighted by Crippen LogP contribution is 2.24. The molecule has 0 unspecified atom stereocenters. The van der Waals surface area contributed by atoms with Crippen LogP contribution in [0, 0.1) is 12.7 Å². The summed E-state index contributed by atoms with van der Waals surface area (Å²) in [6, 6.07) is 11.4. The zero-order chi connectivity index (χ0) is 19.0. The molecule has 6 nitrogen and oxygen atoms in total. The Morgan fingerprint density at radius 3 is 2.81 bits per heavy atom. The van der Waals surface area contributed by atoms with Crippen LogP contribution in [0.3, 0.4) is 0 Å². The largest absolute Gasteiger partial charge is 0.298 e. The predicted octanol–water partition coefficient (Wildman–Crippen LogP) is 4.14. The topological polar surface area (TPSA) is 72.2 Å². The van der Waals surface area contributed by atoms with Crippen LogP contribution in [0.15, 0.2) is 54.9 Å². The molecule has 0 bridgehead atoms. The second kappa shape index (κ2) is 6.77. The van der Waals surface area contributed by atoms with Gasteiger partial charge in [0.05, 0.1) is 27.7 Å². The number of hydrogen-bond acceptors (Lipinski definition) is 4. The van der Waals surface area contributed by atoms with Crippen molar-refractivity contribution in [3.8, 4) is 11.4 Å². The van der Waals surface area contributed by atoms with Gasteiger partial charge in [-0.2, -0.15) is 0 Å². The number of carbonyl (C=O) groups is 1. The van der Waals surface area contributed by atoms with E-state index < -0.39 is 11.7 Å². The molecule has 1 aromatic carbocycles. The van der Waals surface area contributed by atoms with Gasteiger partial charge >= 0.3 is 0 Å². The molecule has 4 aromatic rings. The molecule has 0 spiro atoms. The summed E-state index contributed by atoms with van der Waals surface area (Å²) < 4.78 is 15.8. The van der Waals surface area contributed by atoms with Crippen molar-refractivity contribution in [1.82, 2.24) is 19.4 Å². The van der Waals surface area contributed by atoms with Crippen LogP contribution in [0.5, 0.6) is 0 Å². The molecule has 0 aliphatic heterocycles. The number of aryl methyl sites for hydroxylation is 1. The molecule has 0 fully saturated rings. The zero-order valence-electron chi connectivity index (χ0n) is 14.1. The lowest BCUT2D eigenvalue weighted by Crippen LogP contribution is -2.16. The quantitative estimate of drug-likeness (QED) is 0.578. The number of benzene rings is 1. The number of anilines is 1. The maximum Gasteiger partial charge on any atom is 0.262 e. The minimum atomic E-state index is -0.717. The number of rotatable bonds is 3. The molecule has 0 aliphatic rings. The SMILES string of the molecule is Cc1nc2ccccn2c1-c1ccnc(NC(=O)c2c(F)cccc2Cl)n1. The number of pyridine rings is 1. The number of imidazole rings is 1. The maximum absolute atomic E-state index is 13.9. The molecule has 3 aromatic heterocycles. The van der Waals surface area contributed by atoms with Gasteiger partial charge in [0.1, 0.15) is 11.5 Å². The molecule has 1 amide bonds. The summed E-state index contributed by atoms with van der Waals surface area (Å²) in [5.41, 5.74) is 2.68. The van der Waals surface area contributed by atoms with Gasteiger partial charge in [0.15, 0.2) is 0 Å². The lowest BCUT2D eigenvalue weighted by Gasteiger charge is -2.08. The lowest BCUT2D eigenvalue weighted by atomic mass is 10.2. The van der Waals surface area contributed by atoms with Crippen molar-refractivity contribution >= 4 is 29.1 Å². The third-order valence-corrected chi connectivity index (χ3v) is 4.33. The summed E-state index contributed by atoms with van der Waals surface area (Å²) in [7, 11) is 0. The number of carbonyl (C=O) groups excluding carboxylic acids is 1. The van der Waals surface area contributed by atoms with Gasteiger partial charge in [-0.05, 0) is 37.3 Å². The molecule has 0 radical (unpaired) electrons. The van der Waals surface area contributed by atoms with Crippen LogP contribution in [-0.4, -0.2) is 25.3 Å². The van der Waals surface area contributed by atoms with Crippen LogP contribution in [-0.2, 0) is 0 Å². The highest BCUT2D eigenvalue weighted by Gasteiger charge is 2.18. The summed E-state index contributed by atoms with van der Waals surface area (Å²) in [5, 5.41) is 2.51. The first-order valence-electron chi connectivity index (χ1n) is 8.07. The minimum absolute atomic E-state index is 0.0151. The number of fused-ring (bicyclic) bond motifs is 1. The summed E-state index contributed by atoms with van der Waals surface area (Å²) in [5.74, 6) is -1.39. The van der Waals surface area contributed by atoms with Gasteiger partial charge in [0.25, 0.3) is 5.91 Å². The van der Waals surface area contributed by atoms with E-state index in [1.54, 1.807) is 6.07 Å². The van der Waals surface area contributed by atoms with E-state index in [1.165, 1.54) is 24.4 Å². The van der Waals surface area contributed by atoms with E-state index in [1.807, 2.05) is 35.7 Å². The van der Waals surface area contributed by atoms with Gasteiger partial charge < -0.3 is 0 Å². The first kappa shape index (κ1) is 17.1. The van der Waals surface area contributed by atoms with Gasteiger partial charge in [-0.15, -0.1) is 0 Å². The van der Waals surface area contributed by atoms with E-state index >= 15 is 0 Å². The molecule has 0 saturated carbocycles. The van der Waals surface area contributed by atoms with Crippen LogP contribution < -0.4 is 5.32 Å². The van der Waals surface area contributed by atoms with Gasteiger partial charge in [-0.1, -0.05) is 23.7 Å². The van der Waals surface area contributed by atoms with Crippen molar-refractivity contribution in [3.05, 3.63) is 77.0 Å². The second-order valence-corrected chi connectivity index (χ2v) is 6.20. The summed E-state index contributed by atoms with van der Waals surface area (Å²) >= 11 is 5.94. The second-order valence-electron chi connectivity index (χ2n) is 5.79. The average molecular weight is 382 g/mol. The van der Waals surface area contributed by atoms with Crippen LogP contribution in [0.4, 0.5) is 10.3 Å². The number of hydrogen-bond donors (Lipinski definition) is 1. The first-order chi connectivity index (χ1) is 13.0. The summed E-state index contributed by atoms with van der Waals surface area (Å²) in [6.45, 7) is 1.88. The standard InChI is InChI=1S/C19H13ClFN5O/c1-11-17(26-10-3-2-7-15(26)23-11)14-8-9-22-19(24-14)25-18(27)16-12(20)5-4-6-13(16)21/h2-10H,1H3,(H,22,24,25,27). The Balaban J connectivity index is 1.71. The predicted molar refractivity (Wildman–Crippen MR) is 100 cm³/mol. The normalized spacial score (nSPS) is 10.9. The molecule has 27 heavy (non-hydrogen) atoms. The highest BCUT2D eigenvalue weighted by atomic mass is 35.5. The molecule has 4 rings (SSSR count). The molecular weight excluding hydrogens is 369 g/mol. The molecule has 0 saturated heterocycles. The lowest BCUT2D eigenvalue weighted by molar-refractivity contribution is 0.102. The van der Waals surface area contributed by atoms with Crippen LogP contribution in [0.1, 0.15) is 16.1 Å². The van der Waals surface area contributed by atoms with E-state index in [-0.39, 0.29) is 16.5 Å². The van der Waals surface area contributed by atoms with E-state index in [9.17, 15) is 9.18 Å². The Labute approximate surface area is 158 Å². The molecule has 0 atom stereocenters. The smallest absolute Gasteiger partial charge is 0.262 e. The van der Waals surface area contributed by atoms with E-state index in [2.05, 4.69) is 20.3 Å². The highest BCUT2D eigenvalue weighted by molar-refractivity contribution is 6.34. The molecular formula is C19H13ClFN5O. The van der Waals surface area contributed by atoms with Crippen molar-refractivity contribution < 1.29 is 9.18 Å². The Bertz CT molecular complexity index is 1150. The van der Waals surface area contributed by atoms with Crippen molar-refractivity contribution in [2.24, 2.45) is 0 Å². The minimum Gasteiger partial charge on any atom is -0.298 e. The van der Waals surface area contributed by atoms with Crippen molar-refractivity contribution in [2.75, 3.05) is 5.32 Å². The Hall–Kier alpha value is -3.32. The van der Waals surface area contributed by atoms with Gasteiger partial charge in [-0.3, -0.25) is 14.5 Å². The van der Waals surface area contributed by atoms with Crippen LogP contribution in [0.25, 0.3) is 17.0 Å². The molecule has 0 aliphatic carbocycles. The van der Waals surface area contributed by atoms with Gasteiger partial charge in [-0.25, -0.2) is 19.3 Å². The third kappa shape index (κ3) is 3.13. The molecule has 8 heteroatoms. The monoisotopic (exact) mass is 381 g/mol. The fourth-order valence-corrected chi connectivity index (χ4v) is 3.10. The fraction of sp³-hybridized carbons (Fsp3) is 0.0526. The van der Waals surface area contributed by atoms with Crippen molar-refractivity contribution in [3.63, 3.8) is 0 Å². The number of halogens is 2. The van der Waals surface area contributed by atoms with Gasteiger partial charge in [0, 0.05) is 12.4 Å². The average Bonchev–Trinajstić information content (AvgIpc) is 2.97. The Morgan fingerprint density at radius 2 is 2.00 bits per heavy atom. The molecule has 134 valence electrons. The number of aromatic nitrogens is 4. The van der Waals surface area contributed by atoms with E-state index in [0.29, 0.717) is 5.69 Å². The van der Waals surface area contributed by atoms with Gasteiger partial charge in [0.2, 0.25) is 5.95 Å². The summed E-state index contributed by atoms with van der Waals surface area (Å²) in [6.07, 6.45) is 3.40. The summed E-state index contributed by atoms with van der Waals surface area (Å²) in [4.78, 5) is 25.3. The molecule has 3 heterocycles. The van der Waals surface area contributed by atoms with Crippen molar-refractivity contribution in [2.45, 2.75) is 6.92 Å². The van der Waals surface area contributed by atoms with E-state index in [4.69, 9.17) is 11.6 Å². The number of nitrogens with zero attached hydrogens (tertiary/aromatic N) is 4. The first-order valence-corrected chi connectivity index (χ1v) is 8.45. The van der Waals surface area contributed by atoms with Crippen LogP contribution >= 0.6 is 11.6 Å². The van der Waals surface area contributed by atoms with Crippen molar-refractivity contribution in [1.29, 1.82) is 0 Å². The van der Waals surface area contributed by atoms with Crippen LogP contribution in [0.2, 0.25) is 5.02 Å². The maximum atomic E-state index is 13.9. The molecule has 1 N–H and O–H groups in total. The zero-order valence-corrected chi connectivity index (χ0v) is 14.9. The Morgan fingerprint density at radius 1 is 1.15 bits per heavy atom. The fourth-order valence-electron chi connectivity index (χ4n) is 2.85. The van der Waals surface area contributed by atoms with E-state index in [0.717, 1.165) is 17.0 Å². The number of amides is 1. The number of nitrogens with one attached hydrogen (secondary N) is 1. The third-order valence-electron chi connectivity index (χ3n) is 4.02.